The molecule has 0 aliphatic carbocycles. The maximum Gasteiger partial charge on any atom is 0.223 e. The van der Waals surface area contributed by atoms with Crippen LogP contribution < -0.4 is 10.6 Å². The highest BCUT2D eigenvalue weighted by Crippen LogP contribution is 2.31. The first kappa shape index (κ1) is 23.8. The molecule has 2 N–H and O–H groups in total. The van der Waals surface area contributed by atoms with Crippen LogP contribution in [0.4, 0.5) is 10.8 Å². The van der Waals surface area contributed by atoms with E-state index in [1.165, 1.54) is 18.3 Å². The van der Waals surface area contributed by atoms with Crippen LogP contribution in [-0.2, 0) is 20.0 Å². The molecular weight excluding hydrogens is 468 g/mol. The highest BCUT2D eigenvalue weighted by atomic mass is 32.2. The van der Waals surface area contributed by atoms with Crippen LogP contribution in [0.3, 0.4) is 0 Å². The number of aromatic nitrogens is 2. The zero-order valence-corrected chi connectivity index (χ0v) is 21.0. The standard InChI is InChI=1S/C25H26N4O3S2/c1-16(30)28-24-29-22-10-5-17(12-23(22)33-24)18-11-20(14-26-13-18)27-15-34(31,32)21-8-6-19(7-9-21)25(2,3)4/h5-14,27H,15H2,1-4H3,(H,28,29,30). The molecule has 4 rings (SSSR count). The van der Waals surface area contributed by atoms with E-state index >= 15 is 0 Å². The number of carbonyl (C=O) groups excluding carboxylic acids is 1. The lowest BCUT2D eigenvalue weighted by Crippen LogP contribution is -2.16. The van der Waals surface area contributed by atoms with E-state index in [9.17, 15) is 13.2 Å². The van der Waals surface area contributed by atoms with Crippen LogP contribution in [0.1, 0.15) is 33.3 Å². The van der Waals surface area contributed by atoms with Crippen LogP contribution >= 0.6 is 11.3 Å². The second kappa shape index (κ2) is 9.15. The van der Waals surface area contributed by atoms with Crippen LogP contribution in [0.5, 0.6) is 0 Å². The molecule has 0 saturated heterocycles. The summed E-state index contributed by atoms with van der Waals surface area (Å²) in [4.78, 5) is 20.2. The van der Waals surface area contributed by atoms with Gasteiger partial charge in [-0.2, -0.15) is 0 Å². The third kappa shape index (κ3) is 5.43. The lowest BCUT2D eigenvalue weighted by atomic mass is 9.87. The third-order valence-corrected chi connectivity index (χ3v) is 7.74. The highest BCUT2D eigenvalue weighted by Gasteiger charge is 2.18. The fourth-order valence-corrected chi connectivity index (χ4v) is 5.45. The van der Waals surface area contributed by atoms with Crippen molar-refractivity contribution in [3.8, 4) is 11.1 Å². The normalized spacial score (nSPS) is 12.0. The monoisotopic (exact) mass is 494 g/mol. The van der Waals surface area contributed by atoms with E-state index in [0.29, 0.717) is 10.8 Å². The molecule has 2 aromatic heterocycles. The highest BCUT2D eigenvalue weighted by molar-refractivity contribution is 7.91. The largest absolute Gasteiger partial charge is 0.370 e. The summed E-state index contributed by atoms with van der Waals surface area (Å²) >= 11 is 1.39. The molecule has 0 bridgehead atoms. The smallest absolute Gasteiger partial charge is 0.223 e. The molecular formula is C25H26N4O3S2. The number of carbonyl (C=O) groups is 1. The summed E-state index contributed by atoms with van der Waals surface area (Å²) in [6.07, 6.45) is 3.32. The Bertz CT molecular complexity index is 1450. The Morgan fingerprint density at radius 1 is 1.00 bits per heavy atom. The fourth-order valence-electron chi connectivity index (χ4n) is 3.43. The van der Waals surface area contributed by atoms with Crippen molar-refractivity contribution in [2.24, 2.45) is 0 Å². The number of benzene rings is 2. The van der Waals surface area contributed by atoms with Gasteiger partial charge in [-0.1, -0.05) is 50.3 Å². The number of rotatable bonds is 6. The minimum atomic E-state index is -3.51. The van der Waals surface area contributed by atoms with Crippen LogP contribution in [-0.4, -0.2) is 30.2 Å². The second-order valence-electron chi connectivity index (χ2n) is 9.06. The van der Waals surface area contributed by atoms with E-state index < -0.39 is 9.84 Å². The predicted octanol–water partition coefficient (Wildman–Crippen LogP) is 5.46. The lowest BCUT2D eigenvalue weighted by molar-refractivity contribution is -0.114. The van der Waals surface area contributed by atoms with Gasteiger partial charge in [0.25, 0.3) is 0 Å². The molecule has 34 heavy (non-hydrogen) atoms. The number of thiazole rings is 1. The lowest BCUT2D eigenvalue weighted by Gasteiger charge is -2.19. The van der Waals surface area contributed by atoms with Crippen molar-refractivity contribution in [2.75, 3.05) is 16.5 Å². The van der Waals surface area contributed by atoms with E-state index in [0.717, 1.165) is 26.9 Å². The number of amides is 1. The molecule has 1 amide bonds. The summed E-state index contributed by atoms with van der Waals surface area (Å²) in [7, 11) is -3.51. The Morgan fingerprint density at radius 2 is 1.74 bits per heavy atom. The number of nitrogens with one attached hydrogen (secondary N) is 2. The molecule has 4 aromatic rings. The molecule has 9 heteroatoms. The summed E-state index contributed by atoms with van der Waals surface area (Å²) in [6, 6.07) is 14.7. The van der Waals surface area contributed by atoms with Crippen molar-refractivity contribution in [3.63, 3.8) is 0 Å². The first-order valence-corrected chi connectivity index (χ1v) is 13.2. The van der Waals surface area contributed by atoms with Crippen LogP contribution in [0.25, 0.3) is 21.3 Å². The van der Waals surface area contributed by atoms with Gasteiger partial charge < -0.3 is 10.6 Å². The van der Waals surface area contributed by atoms with Gasteiger partial charge in [0.15, 0.2) is 15.0 Å². The Hall–Kier alpha value is -3.30. The van der Waals surface area contributed by atoms with Crippen molar-refractivity contribution in [1.82, 2.24) is 9.97 Å². The van der Waals surface area contributed by atoms with Gasteiger partial charge in [0.05, 0.1) is 20.8 Å². The summed E-state index contributed by atoms with van der Waals surface area (Å²) in [5, 5.41) is 6.25. The van der Waals surface area contributed by atoms with Crippen molar-refractivity contribution >= 4 is 48.1 Å². The average molecular weight is 495 g/mol. The summed E-state index contributed by atoms with van der Waals surface area (Å²) in [5.74, 6) is -0.400. The summed E-state index contributed by atoms with van der Waals surface area (Å²) < 4.78 is 26.6. The van der Waals surface area contributed by atoms with Crippen molar-refractivity contribution in [2.45, 2.75) is 38.0 Å². The number of pyridine rings is 1. The Labute approximate surface area is 203 Å². The first-order valence-electron chi connectivity index (χ1n) is 10.7. The molecule has 2 aromatic carbocycles. The molecule has 7 nitrogen and oxygen atoms in total. The van der Waals surface area contributed by atoms with Crippen LogP contribution in [0.15, 0.2) is 65.8 Å². The third-order valence-electron chi connectivity index (χ3n) is 5.29. The van der Waals surface area contributed by atoms with Gasteiger partial charge in [-0.15, -0.1) is 0 Å². The molecule has 0 saturated carbocycles. The Balaban J connectivity index is 1.51. The van der Waals surface area contributed by atoms with E-state index in [1.54, 1.807) is 24.5 Å². The maximum atomic E-state index is 12.8. The van der Waals surface area contributed by atoms with E-state index in [-0.39, 0.29) is 22.1 Å². The molecule has 0 radical (unpaired) electrons. The molecule has 2 heterocycles. The Kier molecular flexibility index (Phi) is 6.42. The summed E-state index contributed by atoms with van der Waals surface area (Å²) in [6.45, 7) is 7.72. The number of nitrogens with zero attached hydrogens (tertiary/aromatic N) is 2. The van der Waals surface area contributed by atoms with Crippen LogP contribution in [0, 0.1) is 0 Å². The van der Waals surface area contributed by atoms with E-state index in [1.807, 2.05) is 36.4 Å². The maximum absolute atomic E-state index is 12.8. The number of fused-ring (bicyclic) bond motifs is 1. The SMILES string of the molecule is CC(=O)Nc1nc2ccc(-c3cncc(NCS(=O)(=O)c4ccc(C(C)(C)C)cc4)c3)cc2s1. The second-order valence-corrected chi connectivity index (χ2v) is 12.1. The molecule has 0 atom stereocenters. The predicted molar refractivity (Wildman–Crippen MR) is 138 cm³/mol. The topological polar surface area (TPSA) is 101 Å². The van der Waals surface area contributed by atoms with Crippen molar-refractivity contribution in [3.05, 3.63) is 66.5 Å². The van der Waals surface area contributed by atoms with Crippen molar-refractivity contribution < 1.29 is 13.2 Å². The molecule has 0 spiro atoms. The van der Waals surface area contributed by atoms with Gasteiger partial charge in [0, 0.05) is 24.9 Å². The molecule has 0 aliphatic heterocycles. The number of anilines is 2. The van der Waals surface area contributed by atoms with Crippen LogP contribution in [0.2, 0.25) is 0 Å². The van der Waals surface area contributed by atoms with Gasteiger partial charge in [0.2, 0.25) is 5.91 Å². The Morgan fingerprint density at radius 3 is 2.41 bits per heavy atom. The first-order chi connectivity index (χ1) is 16.0. The molecule has 0 fully saturated rings. The number of sulfone groups is 1. The zero-order valence-electron chi connectivity index (χ0n) is 19.4. The zero-order chi connectivity index (χ0) is 24.5. The molecule has 176 valence electrons. The van der Waals surface area contributed by atoms with E-state index in [2.05, 4.69) is 41.4 Å². The summed E-state index contributed by atoms with van der Waals surface area (Å²) in [5.41, 5.74) is 4.20. The fraction of sp³-hybridized carbons (Fsp3) is 0.240. The van der Waals surface area contributed by atoms with Gasteiger partial charge in [-0.3, -0.25) is 9.78 Å². The van der Waals surface area contributed by atoms with Crippen molar-refractivity contribution in [1.29, 1.82) is 0 Å². The van der Waals surface area contributed by atoms with Gasteiger partial charge >= 0.3 is 0 Å². The molecule has 0 unspecified atom stereocenters. The number of hydrogen-bond acceptors (Lipinski definition) is 7. The minimum Gasteiger partial charge on any atom is -0.370 e. The van der Waals surface area contributed by atoms with Gasteiger partial charge in [-0.25, -0.2) is 13.4 Å². The van der Waals surface area contributed by atoms with Gasteiger partial charge in [0.1, 0.15) is 5.88 Å². The molecule has 0 aliphatic rings. The van der Waals surface area contributed by atoms with Gasteiger partial charge in [-0.05, 0) is 46.9 Å². The quantitative estimate of drug-likeness (QED) is 0.369. The number of hydrogen-bond donors (Lipinski definition) is 2. The van der Waals surface area contributed by atoms with E-state index in [4.69, 9.17) is 0 Å². The average Bonchev–Trinajstić information content (AvgIpc) is 3.18. The minimum absolute atomic E-state index is 0.0413.